The molecule has 0 radical (unpaired) electrons. The summed E-state index contributed by atoms with van der Waals surface area (Å²) < 4.78 is 0. The molecular weight excluding hydrogens is 392 g/mol. The molecule has 2 rings (SSSR count). The molecule has 0 saturated carbocycles. The zero-order valence-corrected chi connectivity index (χ0v) is 19.6. The number of thioether (sulfide) groups is 1. The van der Waals surface area contributed by atoms with E-state index in [0.29, 0.717) is 18.7 Å². The number of rotatable bonds is 10. The predicted molar refractivity (Wildman–Crippen MR) is 126 cm³/mol. The Morgan fingerprint density at radius 2 is 1.67 bits per heavy atom. The van der Waals surface area contributed by atoms with E-state index in [0.717, 1.165) is 22.4 Å². The third-order valence-electron chi connectivity index (χ3n) is 5.37. The minimum atomic E-state index is -0.482. The first-order chi connectivity index (χ1) is 14.3. The molecule has 0 aliphatic rings. The van der Waals surface area contributed by atoms with Gasteiger partial charge in [0, 0.05) is 17.5 Å². The van der Waals surface area contributed by atoms with Crippen molar-refractivity contribution in [2.24, 2.45) is 0 Å². The number of nitrogens with zero attached hydrogens (tertiary/aromatic N) is 1. The highest BCUT2D eigenvalue weighted by Crippen LogP contribution is 2.21. The van der Waals surface area contributed by atoms with Crippen molar-refractivity contribution in [2.75, 3.05) is 5.75 Å². The van der Waals surface area contributed by atoms with Gasteiger partial charge in [0.05, 0.1) is 5.75 Å². The summed E-state index contributed by atoms with van der Waals surface area (Å²) in [6.07, 6.45) is 1.44. The largest absolute Gasteiger partial charge is 0.352 e. The van der Waals surface area contributed by atoms with Crippen molar-refractivity contribution >= 4 is 23.6 Å². The molecule has 0 unspecified atom stereocenters. The summed E-state index contributed by atoms with van der Waals surface area (Å²) in [4.78, 5) is 29.1. The Kier molecular flexibility index (Phi) is 9.44. The van der Waals surface area contributed by atoms with E-state index in [-0.39, 0.29) is 17.9 Å². The Labute approximate surface area is 185 Å². The molecule has 30 heavy (non-hydrogen) atoms. The molecule has 0 heterocycles. The van der Waals surface area contributed by atoms with E-state index in [4.69, 9.17) is 0 Å². The molecule has 0 aromatic heterocycles. The van der Waals surface area contributed by atoms with Crippen molar-refractivity contribution in [3.8, 4) is 0 Å². The molecule has 0 saturated heterocycles. The maximum atomic E-state index is 13.3. The summed E-state index contributed by atoms with van der Waals surface area (Å²) in [6, 6.07) is 15.8. The van der Waals surface area contributed by atoms with Crippen LogP contribution in [0.3, 0.4) is 0 Å². The minimum Gasteiger partial charge on any atom is -0.352 e. The van der Waals surface area contributed by atoms with Gasteiger partial charge in [-0.15, -0.1) is 11.8 Å². The Morgan fingerprint density at radius 3 is 2.27 bits per heavy atom. The lowest BCUT2D eigenvalue weighted by atomic mass is 10.1. The summed E-state index contributed by atoms with van der Waals surface area (Å²) >= 11 is 1.52. The van der Waals surface area contributed by atoms with Crippen LogP contribution in [0.15, 0.2) is 53.4 Å². The first-order valence-electron chi connectivity index (χ1n) is 10.7. The number of carbonyl (C=O) groups excluding carboxylic acids is 2. The van der Waals surface area contributed by atoms with E-state index < -0.39 is 6.04 Å². The van der Waals surface area contributed by atoms with Crippen molar-refractivity contribution < 1.29 is 9.59 Å². The molecule has 2 aromatic carbocycles. The Bertz CT molecular complexity index is 835. The van der Waals surface area contributed by atoms with Crippen molar-refractivity contribution in [2.45, 2.75) is 71.0 Å². The fraction of sp³-hybridized carbons (Fsp3) is 0.440. The van der Waals surface area contributed by atoms with Gasteiger partial charge in [-0.1, -0.05) is 55.8 Å². The fourth-order valence-corrected chi connectivity index (χ4v) is 3.98. The summed E-state index contributed by atoms with van der Waals surface area (Å²) in [5.74, 6) is 0.214. The number of hydrogen-bond acceptors (Lipinski definition) is 3. The van der Waals surface area contributed by atoms with E-state index in [2.05, 4.69) is 5.32 Å². The van der Waals surface area contributed by atoms with Gasteiger partial charge in [0.1, 0.15) is 6.04 Å². The summed E-state index contributed by atoms with van der Waals surface area (Å²) in [5.41, 5.74) is 3.39. The SMILES string of the molecule is CC[C@H](C)NC(=O)[C@H](CC)N(Cc1ccccc1C)C(=O)CSc1ccc(C)cc1. The fourth-order valence-electron chi connectivity index (χ4n) is 3.19. The maximum Gasteiger partial charge on any atom is 0.243 e. The van der Waals surface area contributed by atoms with Crippen molar-refractivity contribution in [3.63, 3.8) is 0 Å². The zero-order chi connectivity index (χ0) is 22.1. The highest BCUT2D eigenvalue weighted by Gasteiger charge is 2.29. The molecule has 1 N–H and O–H groups in total. The van der Waals surface area contributed by atoms with Crippen LogP contribution in [0.1, 0.15) is 50.3 Å². The molecule has 2 amide bonds. The van der Waals surface area contributed by atoms with Gasteiger partial charge in [-0.3, -0.25) is 9.59 Å². The summed E-state index contributed by atoms with van der Waals surface area (Å²) in [7, 11) is 0. The molecule has 2 atom stereocenters. The van der Waals surface area contributed by atoms with Crippen LogP contribution in [0.5, 0.6) is 0 Å². The average Bonchev–Trinajstić information content (AvgIpc) is 2.74. The third kappa shape index (κ3) is 6.91. The number of amides is 2. The number of hydrogen-bond donors (Lipinski definition) is 1. The number of carbonyl (C=O) groups is 2. The van der Waals surface area contributed by atoms with Crippen LogP contribution >= 0.6 is 11.8 Å². The van der Waals surface area contributed by atoms with Crippen LogP contribution in [-0.2, 0) is 16.1 Å². The van der Waals surface area contributed by atoms with Crippen LogP contribution in [0.25, 0.3) is 0 Å². The average molecular weight is 427 g/mol. The molecule has 0 fully saturated rings. The number of aryl methyl sites for hydroxylation is 2. The van der Waals surface area contributed by atoms with Gasteiger partial charge in [-0.25, -0.2) is 0 Å². The second kappa shape index (κ2) is 11.8. The lowest BCUT2D eigenvalue weighted by molar-refractivity contribution is -0.139. The minimum absolute atomic E-state index is 0.0185. The standard InChI is InChI=1S/C25H34N2O2S/c1-6-20(5)26-25(29)23(7-2)27(16-21-11-9-8-10-19(21)4)24(28)17-30-22-14-12-18(3)13-15-22/h8-15,20,23H,6-7,16-17H2,1-5H3,(H,26,29)/t20-,23-/m0/s1. The lowest BCUT2D eigenvalue weighted by Gasteiger charge is -2.32. The van der Waals surface area contributed by atoms with E-state index in [1.54, 1.807) is 4.90 Å². The van der Waals surface area contributed by atoms with Crippen molar-refractivity contribution in [3.05, 3.63) is 65.2 Å². The van der Waals surface area contributed by atoms with Crippen LogP contribution in [-0.4, -0.2) is 34.6 Å². The van der Waals surface area contributed by atoms with Crippen molar-refractivity contribution in [1.82, 2.24) is 10.2 Å². The molecular formula is C25H34N2O2S. The Morgan fingerprint density at radius 1 is 1.00 bits per heavy atom. The first kappa shape index (κ1) is 24.0. The molecule has 162 valence electrons. The van der Waals surface area contributed by atoms with E-state index >= 15 is 0 Å². The zero-order valence-electron chi connectivity index (χ0n) is 18.8. The Balaban J connectivity index is 2.21. The molecule has 0 bridgehead atoms. The van der Waals surface area contributed by atoms with Crippen LogP contribution in [0.4, 0.5) is 0 Å². The third-order valence-corrected chi connectivity index (χ3v) is 6.37. The molecule has 0 aliphatic carbocycles. The summed E-state index contributed by atoms with van der Waals surface area (Å²) in [5, 5.41) is 3.06. The van der Waals surface area contributed by atoms with E-state index in [1.165, 1.54) is 17.3 Å². The van der Waals surface area contributed by atoms with Crippen LogP contribution in [0.2, 0.25) is 0 Å². The van der Waals surface area contributed by atoms with Gasteiger partial charge in [0.2, 0.25) is 11.8 Å². The summed E-state index contributed by atoms with van der Waals surface area (Å²) in [6.45, 7) is 10.5. The van der Waals surface area contributed by atoms with Gasteiger partial charge < -0.3 is 10.2 Å². The van der Waals surface area contributed by atoms with Crippen molar-refractivity contribution in [1.29, 1.82) is 0 Å². The monoisotopic (exact) mass is 426 g/mol. The van der Waals surface area contributed by atoms with Gasteiger partial charge in [-0.2, -0.15) is 0 Å². The number of benzene rings is 2. The second-order valence-electron chi connectivity index (χ2n) is 7.79. The number of nitrogens with one attached hydrogen (secondary N) is 1. The van der Waals surface area contributed by atoms with Gasteiger partial charge in [-0.05, 0) is 56.9 Å². The molecule has 0 spiro atoms. The van der Waals surface area contributed by atoms with Gasteiger partial charge >= 0.3 is 0 Å². The topological polar surface area (TPSA) is 49.4 Å². The van der Waals surface area contributed by atoms with E-state index in [1.807, 2.05) is 83.1 Å². The highest BCUT2D eigenvalue weighted by molar-refractivity contribution is 8.00. The Hall–Kier alpha value is -2.27. The highest BCUT2D eigenvalue weighted by atomic mass is 32.2. The predicted octanol–water partition coefficient (Wildman–Crippen LogP) is 5.12. The quantitative estimate of drug-likeness (QED) is 0.537. The smallest absolute Gasteiger partial charge is 0.243 e. The molecule has 2 aromatic rings. The normalized spacial score (nSPS) is 12.8. The first-order valence-corrected chi connectivity index (χ1v) is 11.7. The maximum absolute atomic E-state index is 13.3. The molecule has 0 aliphatic heterocycles. The molecule has 4 nitrogen and oxygen atoms in total. The van der Waals surface area contributed by atoms with Gasteiger partial charge in [0.15, 0.2) is 0 Å². The van der Waals surface area contributed by atoms with Crippen LogP contribution in [0, 0.1) is 13.8 Å². The molecule has 5 heteroatoms. The second-order valence-corrected chi connectivity index (χ2v) is 8.84. The lowest BCUT2D eigenvalue weighted by Crippen LogP contribution is -2.51. The van der Waals surface area contributed by atoms with Gasteiger partial charge in [0.25, 0.3) is 0 Å². The van der Waals surface area contributed by atoms with Crippen LogP contribution < -0.4 is 5.32 Å². The van der Waals surface area contributed by atoms with E-state index in [9.17, 15) is 9.59 Å².